The number of hydrogen-bond acceptors (Lipinski definition) is 4. The fraction of sp³-hybridized carbons (Fsp3) is 0.500. The van der Waals surface area contributed by atoms with E-state index in [4.69, 9.17) is 10.8 Å². The molecule has 1 atom stereocenters. The first-order chi connectivity index (χ1) is 12.0. The number of rotatable bonds is 9. The number of nitrogens with one attached hydrogen (secondary N) is 1. The number of para-hydroxylation sites is 1. The van der Waals surface area contributed by atoms with E-state index < -0.39 is 17.9 Å². The highest BCUT2D eigenvalue weighted by Crippen LogP contribution is 2.19. The van der Waals surface area contributed by atoms with Gasteiger partial charge in [0.2, 0.25) is 5.91 Å². The fourth-order valence-corrected chi connectivity index (χ4v) is 2.79. The van der Waals surface area contributed by atoms with Gasteiger partial charge in [0.25, 0.3) is 5.91 Å². The predicted octanol–water partition coefficient (Wildman–Crippen LogP) is 1.44. The Morgan fingerprint density at radius 2 is 1.96 bits per heavy atom. The molecule has 2 amide bonds. The van der Waals surface area contributed by atoms with E-state index in [0.29, 0.717) is 12.2 Å². The summed E-state index contributed by atoms with van der Waals surface area (Å²) in [6, 6.07) is 6.78. The molecule has 0 spiro atoms. The molecule has 136 valence electrons. The number of amides is 2. The zero-order chi connectivity index (χ0) is 18.4. The van der Waals surface area contributed by atoms with Crippen molar-refractivity contribution in [3.05, 3.63) is 30.0 Å². The first-order valence-electron chi connectivity index (χ1n) is 8.62. The lowest BCUT2D eigenvalue weighted by Crippen LogP contribution is -2.47. The number of nitrogens with two attached hydrogens (primary N) is 1. The van der Waals surface area contributed by atoms with Crippen molar-refractivity contribution < 1.29 is 14.7 Å². The molecule has 2 rings (SSSR count). The maximum atomic E-state index is 12.6. The van der Waals surface area contributed by atoms with Crippen LogP contribution in [0, 0.1) is 5.92 Å². The lowest BCUT2D eigenvalue weighted by molar-refractivity contribution is -0.120. The highest BCUT2D eigenvalue weighted by atomic mass is 16.3. The van der Waals surface area contributed by atoms with E-state index in [0.717, 1.165) is 30.2 Å². The van der Waals surface area contributed by atoms with Crippen LogP contribution in [0.25, 0.3) is 10.9 Å². The van der Waals surface area contributed by atoms with Gasteiger partial charge in [0.05, 0.1) is 5.52 Å². The molecule has 4 N–H and O–H groups in total. The van der Waals surface area contributed by atoms with Gasteiger partial charge in [-0.15, -0.1) is 0 Å². The van der Waals surface area contributed by atoms with Gasteiger partial charge < -0.3 is 16.2 Å². The molecule has 1 aromatic heterocycles. The Morgan fingerprint density at radius 3 is 2.60 bits per heavy atom. The van der Waals surface area contributed by atoms with Gasteiger partial charge in [-0.25, -0.2) is 0 Å². The largest absolute Gasteiger partial charge is 0.396 e. The summed E-state index contributed by atoms with van der Waals surface area (Å²) in [6.45, 7) is 4.50. The molecule has 0 bridgehead atoms. The summed E-state index contributed by atoms with van der Waals surface area (Å²) in [7, 11) is 0. The van der Waals surface area contributed by atoms with E-state index >= 15 is 0 Å². The number of aliphatic hydroxyl groups excluding tert-OH is 1. The van der Waals surface area contributed by atoms with E-state index in [1.54, 1.807) is 4.68 Å². The second-order valence-corrected chi connectivity index (χ2v) is 6.47. The smallest absolute Gasteiger partial charge is 0.273 e. The third-order valence-corrected chi connectivity index (χ3v) is 4.16. The summed E-state index contributed by atoms with van der Waals surface area (Å²) < 4.78 is 1.80. The van der Waals surface area contributed by atoms with Crippen molar-refractivity contribution in [2.75, 3.05) is 6.61 Å². The molecule has 0 radical (unpaired) electrons. The Balaban J connectivity index is 2.25. The Kier molecular flexibility index (Phi) is 6.52. The molecular weight excluding hydrogens is 320 g/mol. The summed E-state index contributed by atoms with van der Waals surface area (Å²) in [4.78, 5) is 24.2. The monoisotopic (exact) mass is 346 g/mol. The first-order valence-corrected chi connectivity index (χ1v) is 8.62. The van der Waals surface area contributed by atoms with Crippen LogP contribution in [0.3, 0.4) is 0 Å². The normalized spacial score (nSPS) is 12.5. The van der Waals surface area contributed by atoms with E-state index in [1.165, 1.54) is 0 Å². The van der Waals surface area contributed by atoms with E-state index in [9.17, 15) is 9.59 Å². The average molecular weight is 346 g/mol. The van der Waals surface area contributed by atoms with Crippen LogP contribution < -0.4 is 11.1 Å². The van der Waals surface area contributed by atoms with Crippen LogP contribution in [-0.4, -0.2) is 39.4 Å². The van der Waals surface area contributed by atoms with E-state index in [2.05, 4.69) is 10.4 Å². The first kappa shape index (κ1) is 18.9. The number of primary amides is 1. The molecule has 0 aliphatic carbocycles. The number of benzene rings is 1. The SMILES string of the molecule is CC(C)[C@H](NC(=O)c1nn(CCCCCO)c2ccccc12)C(N)=O. The molecule has 7 nitrogen and oxygen atoms in total. The van der Waals surface area contributed by atoms with Crippen LogP contribution in [0.5, 0.6) is 0 Å². The molecule has 2 aromatic rings. The molecule has 1 aromatic carbocycles. The van der Waals surface area contributed by atoms with Crippen molar-refractivity contribution >= 4 is 22.7 Å². The van der Waals surface area contributed by atoms with Crippen LogP contribution in [0.2, 0.25) is 0 Å². The van der Waals surface area contributed by atoms with Crippen molar-refractivity contribution in [2.24, 2.45) is 11.7 Å². The van der Waals surface area contributed by atoms with Crippen LogP contribution in [0.4, 0.5) is 0 Å². The molecule has 0 aliphatic rings. The molecule has 0 aliphatic heterocycles. The van der Waals surface area contributed by atoms with Crippen LogP contribution >= 0.6 is 0 Å². The van der Waals surface area contributed by atoms with E-state index in [-0.39, 0.29) is 12.5 Å². The third kappa shape index (κ3) is 4.57. The zero-order valence-corrected chi connectivity index (χ0v) is 14.7. The second-order valence-electron chi connectivity index (χ2n) is 6.47. The Labute approximate surface area is 147 Å². The summed E-state index contributed by atoms with van der Waals surface area (Å²) >= 11 is 0. The molecular formula is C18H26N4O3. The van der Waals surface area contributed by atoms with Crippen molar-refractivity contribution in [1.29, 1.82) is 0 Å². The van der Waals surface area contributed by atoms with Gasteiger partial charge in [-0.05, 0) is 31.2 Å². The van der Waals surface area contributed by atoms with Crippen molar-refractivity contribution in [3.63, 3.8) is 0 Å². The lowest BCUT2D eigenvalue weighted by Gasteiger charge is -2.18. The minimum Gasteiger partial charge on any atom is -0.396 e. The molecule has 0 unspecified atom stereocenters. The van der Waals surface area contributed by atoms with Gasteiger partial charge in [0, 0.05) is 18.5 Å². The number of nitrogens with zero attached hydrogens (tertiary/aromatic N) is 2. The number of aromatic nitrogens is 2. The van der Waals surface area contributed by atoms with Gasteiger partial charge in [0.1, 0.15) is 6.04 Å². The van der Waals surface area contributed by atoms with Crippen LogP contribution in [0.1, 0.15) is 43.6 Å². The molecule has 0 saturated carbocycles. The zero-order valence-electron chi connectivity index (χ0n) is 14.7. The number of carbonyl (C=O) groups is 2. The number of hydrogen-bond donors (Lipinski definition) is 3. The highest BCUT2D eigenvalue weighted by molar-refractivity contribution is 6.06. The van der Waals surface area contributed by atoms with Crippen LogP contribution in [-0.2, 0) is 11.3 Å². The van der Waals surface area contributed by atoms with Crippen LogP contribution in [0.15, 0.2) is 24.3 Å². The molecule has 7 heteroatoms. The highest BCUT2D eigenvalue weighted by Gasteiger charge is 2.25. The quantitative estimate of drug-likeness (QED) is 0.597. The number of aliphatic hydroxyl groups is 1. The Morgan fingerprint density at radius 1 is 1.24 bits per heavy atom. The maximum Gasteiger partial charge on any atom is 0.273 e. The van der Waals surface area contributed by atoms with Gasteiger partial charge in [-0.3, -0.25) is 14.3 Å². The molecule has 0 fully saturated rings. The topological polar surface area (TPSA) is 110 Å². The number of fused-ring (bicyclic) bond motifs is 1. The lowest BCUT2D eigenvalue weighted by atomic mass is 10.0. The van der Waals surface area contributed by atoms with Gasteiger partial charge in [-0.2, -0.15) is 5.10 Å². The predicted molar refractivity (Wildman–Crippen MR) is 96.0 cm³/mol. The number of aryl methyl sites for hydroxylation is 1. The van der Waals surface area contributed by atoms with Crippen molar-refractivity contribution in [2.45, 2.75) is 45.7 Å². The number of unbranched alkanes of at least 4 members (excludes halogenated alkanes) is 2. The minimum atomic E-state index is -0.735. The molecule has 25 heavy (non-hydrogen) atoms. The third-order valence-electron chi connectivity index (χ3n) is 4.16. The Hall–Kier alpha value is -2.41. The average Bonchev–Trinajstić information content (AvgIpc) is 2.95. The summed E-state index contributed by atoms with van der Waals surface area (Å²) in [5.74, 6) is -1.06. The van der Waals surface area contributed by atoms with Crippen molar-refractivity contribution in [1.82, 2.24) is 15.1 Å². The second kappa shape index (κ2) is 8.62. The maximum absolute atomic E-state index is 12.6. The van der Waals surface area contributed by atoms with E-state index in [1.807, 2.05) is 38.1 Å². The fourth-order valence-electron chi connectivity index (χ4n) is 2.79. The summed E-state index contributed by atoms with van der Waals surface area (Å²) in [5.41, 5.74) is 6.54. The van der Waals surface area contributed by atoms with Gasteiger partial charge >= 0.3 is 0 Å². The minimum absolute atomic E-state index is 0.103. The number of carbonyl (C=O) groups excluding carboxylic acids is 2. The van der Waals surface area contributed by atoms with Crippen molar-refractivity contribution in [3.8, 4) is 0 Å². The standard InChI is InChI=1S/C18H26N4O3/c1-12(2)15(17(19)24)20-18(25)16-13-8-4-5-9-14(13)22(21-16)10-6-3-7-11-23/h4-5,8-9,12,15,23H,3,6-7,10-11H2,1-2H3,(H2,19,24)(H,20,25)/t15-/m0/s1. The Bertz CT molecular complexity index is 739. The molecule has 1 heterocycles. The summed E-state index contributed by atoms with van der Waals surface area (Å²) in [6.07, 6.45) is 2.51. The summed E-state index contributed by atoms with van der Waals surface area (Å²) in [5, 5.41) is 16.8. The van der Waals surface area contributed by atoms with Gasteiger partial charge in [0.15, 0.2) is 5.69 Å². The molecule has 0 saturated heterocycles. The van der Waals surface area contributed by atoms with Gasteiger partial charge in [-0.1, -0.05) is 32.0 Å².